The fraction of sp³-hybridized carbons (Fsp3) is 0.500. The second kappa shape index (κ2) is 3.66. The van der Waals surface area contributed by atoms with Gasteiger partial charge >= 0.3 is 6.18 Å². The SMILES string of the molecule is O=C(C1=C(c2nccs2)CC12CCC2)C(F)(F)F. The van der Waals surface area contributed by atoms with Crippen molar-refractivity contribution in [2.45, 2.75) is 31.9 Å². The first-order valence-electron chi connectivity index (χ1n) is 5.69. The van der Waals surface area contributed by atoms with Gasteiger partial charge in [0.15, 0.2) is 0 Å². The van der Waals surface area contributed by atoms with Crippen molar-refractivity contribution in [1.29, 1.82) is 0 Å². The Morgan fingerprint density at radius 2 is 2.11 bits per heavy atom. The van der Waals surface area contributed by atoms with Gasteiger partial charge in [0.2, 0.25) is 0 Å². The third kappa shape index (κ3) is 1.55. The number of alkyl halides is 3. The second-order valence-corrected chi connectivity index (χ2v) is 5.72. The highest BCUT2D eigenvalue weighted by Gasteiger charge is 2.57. The molecule has 3 rings (SSSR count). The number of aromatic nitrogens is 1. The molecule has 96 valence electrons. The minimum absolute atomic E-state index is 0.0174. The third-order valence-electron chi connectivity index (χ3n) is 3.83. The maximum absolute atomic E-state index is 12.6. The number of halogens is 3. The van der Waals surface area contributed by atoms with Crippen LogP contribution in [0.4, 0.5) is 13.2 Å². The predicted octanol–water partition coefficient (Wildman–Crippen LogP) is 3.60. The lowest BCUT2D eigenvalue weighted by atomic mass is 9.52. The molecule has 1 fully saturated rings. The fourth-order valence-corrected chi connectivity index (χ4v) is 3.52. The van der Waals surface area contributed by atoms with E-state index in [1.54, 1.807) is 11.6 Å². The number of carbonyl (C=O) groups is 1. The van der Waals surface area contributed by atoms with Crippen LogP contribution >= 0.6 is 11.3 Å². The molecule has 18 heavy (non-hydrogen) atoms. The van der Waals surface area contributed by atoms with Crippen LogP contribution < -0.4 is 0 Å². The molecule has 0 N–H and O–H groups in total. The number of thiazole rings is 1. The van der Waals surface area contributed by atoms with E-state index >= 15 is 0 Å². The molecule has 6 heteroatoms. The maximum atomic E-state index is 12.6. The number of nitrogens with zero attached hydrogens (tertiary/aromatic N) is 1. The monoisotopic (exact) mass is 273 g/mol. The normalized spacial score (nSPS) is 21.7. The van der Waals surface area contributed by atoms with Crippen molar-refractivity contribution >= 4 is 22.7 Å². The summed E-state index contributed by atoms with van der Waals surface area (Å²) in [4.78, 5) is 15.6. The van der Waals surface area contributed by atoms with Gasteiger partial charge in [-0.1, -0.05) is 6.42 Å². The number of Topliss-reactive ketones (excluding diaryl/α,β-unsaturated/α-hetero) is 1. The maximum Gasteiger partial charge on any atom is 0.454 e. The molecule has 0 unspecified atom stereocenters. The average Bonchev–Trinajstić information content (AvgIpc) is 2.65. The van der Waals surface area contributed by atoms with E-state index in [0.717, 1.165) is 6.42 Å². The summed E-state index contributed by atoms with van der Waals surface area (Å²) in [5, 5.41) is 2.27. The molecule has 0 saturated heterocycles. The van der Waals surface area contributed by atoms with Crippen LogP contribution in [-0.2, 0) is 4.79 Å². The molecule has 2 aliphatic rings. The molecule has 2 nitrogen and oxygen atoms in total. The zero-order chi connectivity index (χ0) is 13.0. The van der Waals surface area contributed by atoms with Gasteiger partial charge in [0, 0.05) is 22.6 Å². The summed E-state index contributed by atoms with van der Waals surface area (Å²) in [7, 11) is 0. The molecule has 0 atom stereocenters. The summed E-state index contributed by atoms with van der Waals surface area (Å²) in [6.07, 6.45) is -0.370. The smallest absolute Gasteiger partial charge is 0.284 e. The topological polar surface area (TPSA) is 30.0 Å². The van der Waals surface area contributed by atoms with Gasteiger partial charge in [-0.2, -0.15) is 13.2 Å². The number of hydrogen-bond donors (Lipinski definition) is 0. The molecule has 1 spiro atoms. The first-order valence-corrected chi connectivity index (χ1v) is 6.57. The minimum atomic E-state index is -4.78. The lowest BCUT2D eigenvalue weighted by Gasteiger charge is -2.51. The van der Waals surface area contributed by atoms with Crippen molar-refractivity contribution in [2.24, 2.45) is 5.41 Å². The summed E-state index contributed by atoms with van der Waals surface area (Å²) < 4.78 is 37.9. The summed E-state index contributed by atoms with van der Waals surface area (Å²) in [5.41, 5.74) is -0.00336. The van der Waals surface area contributed by atoms with Crippen LogP contribution in [0.1, 0.15) is 30.7 Å². The molecule has 1 aromatic rings. The van der Waals surface area contributed by atoms with Crippen molar-refractivity contribution in [3.8, 4) is 0 Å². The van der Waals surface area contributed by atoms with E-state index < -0.39 is 17.4 Å². The van der Waals surface area contributed by atoms with Crippen LogP contribution in [0.25, 0.3) is 5.57 Å². The van der Waals surface area contributed by atoms with Gasteiger partial charge in [0.1, 0.15) is 5.01 Å². The summed E-state index contributed by atoms with van der Waals surface area (Å²) in [6.45, 7) is 0. The number of ketones is 1. The Hall–Kier alpha value is -1.17. The van der Waals surface area contributed by atoms with E-state index in [4.69, 9.17) is 0 Å². The summed E-state index contributed by atoms with van der Waals surface area (Å²) >= 11 is 1.29. The van der Waals surface area contributed by atoms with E-state index in [9.17, 15) is 18.0 Å². The molecule has 2 aliphatic carbocycles. The number of rotatable bonds is 2. The Morgan fingerprint density at radius 3 is 2.56 bits per heavy atom. The van der Waals surface area contributed by atoms with Crippen molar-refractivity contribution in [3.63, 3.8) is 0 Å². The van der Waals surface area contributed by atoms with Crippen LogP contribution in [0.15, 0.2) is 17.2 Å². The van der Waals surface area contributed by atoms with Crippen LogP contribution in [0.3, 0.4) is 0 Å². The largest absolute Gasteiger partial charge is 0.454 e. The number of hydrogen-bond acceptors (Lipinski definition) is 3. The van der Waals surface area contributed by atoms with Gasteiger partial charge in [-0.25, -0.2) is 4.98 Å². The Kier molecular flexibility index (Phi) is 2.42. The highest BCUT2D eigenvalue weighted by Crippen LogP contribution is 2.63. The van der Waals surface area contributed by atoms with E-state index in [-0.39, 0.29) is 5.57 Å². The lowest BCUT2D eigenvalue weighted by Crippen LogP contribution is -2.46. The minimum Gasteiger partial charge on any atom is -0.284 e. The third-order valence-corrected chi connectivity index (χ3v) is 4.67. The van der Waals surface area contributed by atoms with Gasteiger partial charge in [0.25, 0.3) is 5.78 Å². The molecular weight excluding hydrogens is 263 g/mol. The first kappa shape index (κ1) is 11.9. The van der Waals surface area contributed by atoms with Gasteiger partial charge < -0.3 is 0 Å². The Bertz CT molecular complexity index is 526. The molecule has 0 aliphatic heterocycles. The molecular formula is C12H10F3NOS. The average molecular weight is 273 g/mol. The zero-order valence-electron chi connectivity index (χ0n) is 9.38. The standard InChI is InChI=1S/C12H10F3NOS/c13-12(14,15)9(17)8-7(10-16-4-5-18-10)6-11(8)2-1-3-11/h4-5H,1-3,6H2. The highest BCUT2D eigenvalue weighted by atomic mass is 32.1. The lowest BCUT2D eigenvalue weighted by molar-refractivity contribution is -0.169. The van der Waals surface area contributed by atoms with Crippen LogP contribution in [0.2, 0.25) is 0 Å². The van der Waals surface area contributed by atoms with Crippen LogP contribution in [0, 0.1) is 5.41 Å². The van der Waals surface area contributed by atoms with Crippen molar-refractivity contribution in [3.05, 3.63) is 22.2 Å². The predicted molar refractivity (Wildman–Crippen MR) is 61.0 cm³/mol. The fourth-order valence-electron chi connectivity index (χ4n) is 2.83. The number of allylic oxidation sites excluding steroid dienone is 2. The van der Waals surface area contributed by atoms with Crippen molar-refractivity contribution < 1.29 is 18.0 Å². The Morgan fingerprint density at radius 1 is 1.39 bits per heavy atom. The van der Waals surface area contributed by atoms with Crippen molar-refractivity contribution in [1.82, 2.24) is 4.98 Å². The quantitative estimate of drug-likeness (QED) is 0.824. The molecule has 0 bridgehead atoms. The second-order valence-electron chi connectivity index (χ2n) is 4.83. The highest BCUT2D eigenvalue weighted by molar-refractivity contribution is 7.10. The Balaban J connectivity index is 2.04. The van der Waals surface area contributed by atoms with Crippen molar-refractivity contribution in [2.75, 3.05) is 0 Å². The first-order chi connectivity index (χ1) is 8.44. The van der Waals surface area contributed by atoms with Gasteiger partial charge in [-0.3, -0.25) is 4.79 Å². The zero-order valence-corrected chi connectivity index (χ0v) is 10.2. The summed E-state index contributed by atoms with van der Waals surface area (Å²) in [5.74, 6) is -1.67. The molecule has 1 aromatic heterocycles. The van der Waals surface area contributed by atoms with E-state index in [0.29, 0.717) is 29.8 Å². The molecule has 1 saturated carbocycles. The van der Waals surface area contributed by atoms with Crippen LogP contribution in [0.5, 0.6) is 0 Å². The van der Waals surface area contributed by atoms with Gasteiger partial charge in [-0.15, -0.1) is 11.3 Å². The number of carbonyl (C=O) groups excluding carboxylic acids is 1. The van der Waals surface area contributed by atoms with E-state index in [1.165, 1.54) is 11.3 Å². The van der Waals surface area contributed by atoms with Gasteiger partial charge in [-0.05, 0) is 24.8 Å². The molecule has 1 heterocycles. The van der Waals surface area contributed by atoms with E-state index in [1.807, 2.05) is 0 Å². The van der Waals surface area contributed by atoms with E-state index in [2.05, 4.69) is 4.98 Å². The summed E-state index contributed by atoms with van der Waals surface area (Å²) in [6, 6.07) is 0. The molecule has 0 radical (unpaired) electrons. The van der Waals surface area contributed by atoms with Gasteiger partial charge in [0.05, 0.1) is 0 Å². The molecule has 0 amide bonds. The van der Waals surface area contributed by atoms with Crippen LogP contribution in [-0.4, -0.2) is 16.9 Å². The molecule has 0 aromatic carbocycles. The Labute approximate surface area is 106 Å².